The summed E-state index contributed by atoms with van der Waals surface area (Å²) in [5.41, 5.74) is 2.05. The zero-order valence-corrected chi connectivity index (χ0v) is 15.3. The van der Waals surface area contributed by atoms with Crippen molar-refractivity contribution in [3.05, 3.63) is 45.6 Å². The molecule has 3 heterocycles. The quantitative estimate of drug-likeness (QED) is 0.878. The third kappa shape index (κ3) is 4.16. The maximum atomic E-state index is 11.9. The molecule has 0 atom stereocenters. The van der Waals surface area contributed by atoms with Crippen LogP contribution in [-0.2, 0) is 19.6 Å². The van der Waals surface area contributed by atoms with Gasteiger partial charge in [0.2, 0.25) is 0 Å². The highest BCUT2D eigenvalue weighted by Gasteiger charge is 2.33. The van der Waals surface area contributed by atoms with Crippen LogP contribution < -0.4 is 5.56 Å². The van der Waals surface area contributed by atoms with Gasteiger partial charge in [-0.1, -0.05) is 0 Å². The van der Waals surface area contributed by atoms with Crippen molar-refractivity contribution in [2.75, 3.05) is 13.1 Å². The third-order valence-electron chi connectivity index (χ3n) is 5.00. The van der Waals surface area contributed by atoms with Crippen LogP contribution in [0.4, 0.5) is 0 Å². The summed E-state index contributed by atoms with van der Waals surface area (Å²) in [6, 6.07) is 3.21. The number of piperidine rings is 1. The normalized spacial score (nSPS) is 17.8. The summed E-state index contributed by atoms with van der Waals surface area (Å²) < 4.78 is 3.35. The molecule has 1 saturated heterocycles. The minimum Gasteiger partial charge on any atom is -0.388 e. The molecule has 1 fully saturated rings. The summed E-state index contributed by atoms with van der Waals surface area (Å²) in [4.78, 5) is 14.3. The van der Waals surface area contributed by atoms with Gasteiger partial charge in [0.25, 0.3) is 5.56 Å². The van der Waals surface area contributed by atoms with Crippen LogP contribution in [0.5, 0.6) is 0 Å². The van der Waals surface area contributed by atoms with E-state index < -0.39 is 5.60 Å². The smallest absolute Gasteiger partial charge is 0.266 e. The molecule has 0 spiro atoms. The van der Waals surface area contributed by atoms with Gasteiger partial charge in [-0.2, -0.15) is 10.2 Å². The number of hydrogen-bond donors (Lipinski definition) is 1. The maximum Gasteiger partial charge on any atom is 0.266 e. The predicted molar refractivity (Wildman–Crippen MR) is 95.3 cm³/mol. The first kappa shape index (κ1) is 17.8. The monoisotopic (exact) mass is 345 g/mol. The summed E-state index contributed by atoms with van der Waals surface area (Å²) in [6.07, 6.45) is 3.37. The van der Waals surface area contributed by atoms with E-state index in [1.165, 1.54) is 16.3 Å². The lowest BCUT2D eigenvalue weighted by molar-refractivity contribution is -0.0390. The maximum absolute atomic E-state index is 11.9. The molecule has 0 aliphatic carbocycles. The van der Waals surface area contributed by atoms with Gasteiger partial charge in [0.15, 0.2) is 0 Å². The molecule has 7 nitrogen and oxygen atoms in total. The van der Waals surface area contributed by atoms with Gasteiger partial charge in [0, 0.05) is 44.0 Å². The molecule has 0 aromatic carbocycles. The summed E-state index contributed by atoms with van der Waals surface area (Å²) in [6.45, 7) is 9.55. The highest BCUT2D eigenvalue weighted by Crippen LogP contribution is 2.25. The Bertz CT molecular complexity index is 787. The molecule has 0 amide bonds. The van der Waals surface area contributed by atoms with Crippen molar-refractivity contribution >= 4 is 0 Å². The Morgan fingerprint density at radius 2 is 1.92 bits per heavy atom. The Kier molecular flexibility index (Phi) is 5.06. The van der Waals surface area contributed by atoms with E-state index in [0.29, 0.717) is 12.8 Å². The van der Waals surface area contributed by atoms with Crippen molar-refractivity contribution in [3.63, 3.8) is 0 Å². The molecule has 25 heavy (non-hydrogen) atoms. The highest BCUT2D eigenvalue weighted by molar-refractivity contribution is 5.15. The van der Waals surface area contributed by atoms with Gasteiger partial charge in [-0.05, 0) is 39.7 Å². The number of aryl methyl sites for hydroxylation is 3. The molecule has 1 N–H and O–H groups in total. The molecule has 3 rings (SSSR count). The average molecular weight is 345 g/mol. The lowest BCUT2D eigenvalue weighted by atomic mass is 9.91. The molecule has 2 aromatic heterocycles. The third-order valence-corrected chi connectivity index (χ3v) is 5.00. The van der Waals surface area contributed by atoms with Crippen molar-refractivity contribution < 1.29 is 5.11 Å². The fourth-order valence-electron chi connectivity index (χ4n) is 3.35. The standard InChI is InChI=1S/C18H27N5O2/c1-4-22-12-16(15(3)20-22)11-21-9-7-18(25,8-10-21)13-23-17(24)6-5-14(2)19-23/h5-6,12,25H,4,7-11,13H2,1-3H3. The van der Waals surface area contributed by atoms with Crippen molar-refractivity contribution in [2.45, 2.75) is 58.8 Å². The molecule has 0 saturated carbocycles. The fraction of sp³-hybridized carbons (Fsp3) is 0.611. The SMILES string of the molecule is CCn1cc(CN2CCC(O)(Cn3nc(C)ccc3=O)CC2)c(C)n1. The second-order valence-electron chi connectivity index (χ2n) is 7.07. The van der Waals surface area contributed by atoms with E-state index in [-0.39, 0.29) is 12.1 Å². The van der Waals surface area contributed by atoms with E-state index in [1.54, 1.807) is 6.07 Å². The topological polar surface area (TPSA) is 76.2 Å². The van der Waals surface area contributed by atoms with Crippen LogP contribution >= 0.6 is 0 Å². The zero-order valence-electron chi connectivity index (χ0n) is 15.3. The Hall–Kier alpha value is -1.99. The van der Waals surface area contributed by atoms with Crippen LogP contribution in [0.25, 0.3) is 0 Å². The average Bonchev–Trinajstić information content (AvgIpc) is 2.93. The predicted octanol–water partition coefficient (Wildman–Crippen LogP) is 1.10. The van der Waals surface area contributed by atoms with E-state index in [9.17, 15) is 9.90 Å². The molecule has 1 aliphatic rings. The van der Waals surface area contributed by atoms with E-state index >= 15 is 0 Å². The molecular formula is C18H27N5O2. The zero-order chi connectivity index (χ0) is 18.0. The second kappa shape index (κ2) is 7.09. The Labute approximate surface area is 147 Å². The highest BCUT2D eigenvalue weighted by atomic mass is 16.3. The first-order chi connectivity index (χ1) is 11.9. The summed E-state index contributed by atoms with van der Waals surface area (Å²) in [5.74, 6) is 0. The van der Waals surface area contributed by atoms with Gasteiger partial charge in [-0.15, -0.1) is 0 Å². The fourth-order valence-corrected chi connectivity index (χ4v) is 3.35. The number of nitrogens with zero attached hydrogens (tertiary/aromatic N) is 5. The minimum atomic E-state index is -0.871. The van der Waals surface area contributed by atoms with Gasteiger partial charge in [0.1, 0.15) is 0 Å². The minimum absolute atomic E-state index is 0.163. The van der Waals surface area contributed by atoms with Crippen molar-refractivity contribution in [3.8, 4) is 0 Å². The van der Waals surface area contributed by atoms with Crippen LogP contribution in [0.2, 0.25) is 0 Å². The number of aromatic nitrogens is 4. The van der Waals surface area contributed by atoms with Crippen LogP contribution in [0.3, 0.4) is 0 Å². The van der Waals surface area contributed by atoms with Gasteiger partial charge in [-0.3, -0.25) is 14.4 Å². The van der Waals surface area contributed by atoms with E-state index in [4.69, 9.17) is 0 Å². The Morgan fingerprint density at radius 1 is 1.20 bits per heavy atom. The van der Waals surface area contributed by atoms with Crippen molar-refractivity contribution in [1.29, 1.82) is 0 Å². The molecule has 0 radical (unpaired) electrons. The number of rotatable bonds is 5. The molecule has 0 bridgehead atoms. The first-order valence-electron chi connectivity index (χ1n) is 8.91. The van der Waals surface area contributed by atoms with Gasteiger partial charge in [-0.25, -0.2) is 4.68 Å². The van der Waals surface area contributed by atoms with Crippen molar-refractivity contribution in [2.24, 2.45) is 0 Å². The Balaban J connectivity index is 1.61. The molecule has 1 aliphatic heterocycles. The largest absolute Gasteiger partial charge is 0.388 e. The second-order valence-corrected chi connectivity index (χ2v) is 7.07. The molecule has 2 aromatic rings. The molecular weight excluding hydrogens is 318 g/mol. The van der Waals surface area contributed by atoms with Crippen LogP contribution in [0, 0.1) is 13.8 Å². The van der Waals surface area contributed by atoms with Gasteiger partial charge >= 0.3 is 0 Å². The molecule has 136 valence electrons. The van der Waals surface area contributed by atoms with Gasteiger partial charge < -0.3 is 5.11 Å². The number of hydrogen-bond acceptors (Lipinski definition) is 5. The number of likely N-dealkylation sites (tertiary alicyclic amines) is 1. The first-order valence-corrected chi connectivity index (χ1v) is 8.91. The lowest BCUT2D eigenvalue weighted by Gasteiger charge is -2.38. The summed E-state index contributed by atoms with van der Waals surface area (Å²) in [7, 11) is 0. The Morgan fingerprint density at radius 3 is 2.56 bits per heavy atom. The molecule has 0 unspecified atom stereocenters. The van der Waals surface area contributed by atoms with Gasteiger partial charge in [0.05, 0.1) is 23.5 Å². The van der Waals surface area contributed by atoms with E-state index in [2.05, 4.69) is 28.2 Å². The van der Waals surface area contributed by atoms with E-state index in [1.807, 2.05) is 18.5 Å². The summed E-state index contributed by atoms with van der Waals surface area (Å²) in [5, 5.41) is 19.6. The van der Waals surface area contributed by atoms with Crippen LogP contribution in [0.1, 0.15) is 36.7 Å². The van der Waals surface area contributed by atoms with E-state index in [0.717, 1.165) is 37.6 Å². The molecule has 7 heteroatoms. The van der Waals surface area contributed by atoms with Crippen LogP contribution in [-0.4, -0.2) is 48.3 Å². The summed E-state index contributed by atoms with van der Waals surface area (Å²) >= 11 is 0. The van der Waals surface area contributed by atoms with Crippen LogP contribution in [0.15, 0.2) is 23.1 Å². The lowest BCUT2D eigenvalue weighted by Crippen LogP contribution is -2.48. The van der Waals surface area contributed by atoms with Crippen molar-refractivity contribution in [1.82, 2.24) is 24.5 Å². The number of aliphatic hydroxyl groups is 1.